The second kappa shape index (κ2) is 6.50. The Kier molecular flexibility index (Phi) is 5.27. The number of rotatable bonds is 5. The minimum absolute atomic E-state index is 0.0920. The van der Waals surface area contributed by atoms with Gasteiger partial charge >= 0.3 is 0 Å². The summed E-state index contributed by atoms with van der Waals surface area (Å²) in [5, 5.41) is 2.94. The molecule has 2 atom stereocenters. The maximum atomic E-state index is 12.2. The van der Waals surface area contributed by atoms with E-state index in [4.69, 9.17) is 5.73 Å². The number of nitrogens with zero attached hydrogens (tertiary/aromatic N) is 2. The van der Waals surface area contributed by atoms with Crippen LogP contribution in [0.5, 0.6) is 0 Å². The third-order valence-electron chi connectivity index (χ3n) is 3.42. The first-order chi connectivity index (χ1) is 8.86. The topological polar surface area (TPSA) is 80.9 Å². The molecule has 2 unspecified atom stereocenters. The van der Waals surface area contributed by atoms with Crippen molar-refractivity contribution in [2.24, 2.45) is 5.92 Å². The lowest BCUT2D eigenvalue weighted by atomic mass is 10.0. The second-order valence-electron chi connectivity index (χ2n) is 5.33. The predicted molar refractivity (Wildman–Crippen MR) is 76.9 cm³/mol. The summed E-state index contributed by atoms with van der Waals surface area (Å²) in [6.45, 7) is 10.2. The molecule has 1 heterocycles. The number of amides is 1. The Labute approximate surface area is 115 Å². The fourth-order valence-electron chi connectivity index (χ4n) is 1.64. The summed E-state index contributed by atoms with van der Waals surface area (Å²) in [6, 6.07) is 0.0920. The summed E-state index contributed by atoms with van der Waals surface area (Å²) in [7, 11) is 0. The van der Waals surface area contributed by atoms with Crippen LogP contribution in [-0.2, 0) is 0 Å². The molecule has 1 aromatic rings. The van der Waals surface area contributed by atoms with Gasteiger partial charge in [0, 0.05) is 12.0 Å². The number of anilines is 1. The Bertz CT molecular complexity index is 445. The first kappa shape index (κ1) is 15.4. The highest BCUT2D eigenvalue weighted by molar-refractivity contribution is 5.97. The van der Waals surface area contributed by atoms with Gasteiger partial charge < -0.3 is 11.1 Å². The molecule has 0 bridgehead atoms. The Morgan fingerprint density at radius 2 is 2.00 bits per heavy atom. The van der Waals surface area contributed by atoms with Crippen LogP contribution in [0.15, 0.2) is 6.20 Å². The lowest BCUT2D eigenvalue weighted by molar-refractivity contribution is 0.0923. The fraction of sp³-hybridized carbons (Fsp3) is 0.643. The number of hydrogen-bond acceptors (Lipinski definition) is 4. The lowest BCUT2D eigenvalue weighted by Gasteiger charge is -2.20. The van der Waals surface area contributed by atoms with Gasteiger partial charge in [0.15, 0.2) is 5.69 Å². The highest BCUT2D eigenvalue weighted by atomic mass is 16.2. The Hall–Kier alpha value is -1.65. The number of nitrogen functional groups attached to an aromatic ring is 1. The summed E-state index contributed by atoms with van der Waals surface area (Å²) < 4.78 is 0. The zero-order valence-electron chi connectivity index (χ0n) is 12.4. The number of aromatic nitrogens is 2. The van der Waals surface area contributed by atoms with E-state index in [1.165, 1.54) is 6.20 Å². The van der Waals surface area contributed by atoms with Crippen LogP contribution in [0.4, 0.5) is 5.69 Å². The van der Waals surface area contributed by atoms with Crippen LogP contribution in [0, 0.1) is 5.92 Å². The van der Waals surface area contributed by atoms with Gasteiger partial charge in [-0.15, -0.1) is 0 Å². The van der Waals surface area contributed by atoms with Crippen molar-refractivity contribution in [2.75, 3.05) is 5.73 Å². The van der Waals surface area contributed by atoms with Gasteiger partial charge in [-0.05, 0) is 12.8 Å². The first-order valence-corrected chi connectivity index (χ1v) is 6.80. The van der Waals surface area contributed by atoms with Crippen molar-refractivity contribution in [3.05, 3.63) is 17.7 Å². The molecule has 0 aliphatic heterocycles. The van der Waals surface area contributed by atoms with E-state index in [1.54, 1.807) is 0 Å². The standard InChI is InChI=1S/C14H24N4O/c1-6-9(4)10(5)17-14(19)12-11(15)7-16-13(18-12)8(2)3/h7-10H,6,15H2,1-5H3,(H,17,19). The molecule has 1 aromatic heterocycles. The number of carbonyl (C=O) groups is 1. The zero-order chi connectivity index (χ0) is 14.6. The Balaban J connectivity index is 2.90. The van der Waals surface area contributed by atoms with Gasteiger partial charge in [0.05, 0.1) is 11.9 Å². The number of hydrogen-bond donors (Lipinski definition) is 2. The van der Waals surface area contributed by atoms with Crippen molar-refractivity contribution in [1.29, 1.82) is 0 Å². The van der Waals surface area contributed by atoms with Crippen LogP contribution in [-0.4, -0.2) is 21.9 Å². The van der Waals surface area contributed by atoms with Crippen molar-refractivity contribution in [3.8, 4) is 0 Å². The Morgan fingerprint density at radius 3 is 2.53 bits per heavy atom. The molecule has 0 fully saturated rings. The molecule has 0 aliphatic rings. The lowest BCUT2D eigenvalue weighted by Crippen LogP contribution is -2.37. The molecule has 0 saturated carbocycles. The van der Waals surface area contributed by atoms with E-state index in [-0.39, 0.29) is 23.6 Å². The van der Waals surface area contributed by atoms with E-state index < -0.39 is 0 Å². The molecule has 0 aromatic carbocycles. The van der Waals surface area contributed by atoms with Gasteiger partial charge in [0.2, 0.25) is 0 Å². The average Bonchev–Trinajstić information content (AvgIpc) is 2.37. The van der Waals surface area contributed by atoms with Crippen LogP contribution < -0.4 is 11.1 Å². The van der Waals surface area contributed by atoms with Crippen LogP contribution in [0.1, 0.15) is 63.3 Å². The van der Waals surface area contributed by atoms with Crippen molar-refractivity contribution >= 4 is 11.6 Å². The summed E-state index contributed by atoms with van der Waals surface area (Å²) in [5.74, 6) is 0.987. The highest BCUT2D eigenvalue weighted by Gasteiger charge is 2.18. The SMILES string of the molecule is CCC(C)C(C)NC(=O)c1nc(C(C)C)ncc1N. The van der Waals surface area contributed by atoms with Crippen molar-refractivity contribution in [1.82, 2.24) is 15.3 Å². The van der Waals surface area contributed by atoms with Crippen LogP contribution in [0.2, 0.25) is 0 Å². The third-order valence-corrected chi connectivity index (χ3v) is 3.42. The molecule has 0 radical (unpaired) electrons. The maximum absolute atomic E-state index is 12.2. The van der Waals surface area contributed by atoms with E-state index in [2.05, 4.69) is 29.1 Å². The van der Waals surface area contributed by atoms with Crippen LogP contribution in [0.3, 0.4) is 0 Å². The van der Waals surface area contributed by atoms with E-state index in [0.717, 1.165) is 6.42 Å². The van der Waals surface area contributed by atoms with E-state index in [1.807, 2.05) is 20.8 Å². The Morgan fingerprint density at radius 1 is 1.37 bits per heavy atom. The number of carbonyl (C=O) groups excluding carboxylic acids is 1. The predicted octanol–water partition coefficient (Wildman–Crippen LogP) is 2.35. The molecule has 0 spiro atoms. The van der Waals surface area contributed by atoms with Crippen molar-refractivity contribution < 1.29 is 4.79 Å². The summed E-state index contributed by atoms with van der Waals surface area (Å²) in [5.41, 5.74) is 6.38. The summed E-state index contributed by atoms with van der Waals surface area (Å²) in [6.07, 6.45) is 2.52. The van der Waals surface area contributed by atoms with Gasteiger partial charge in [0.25, 0.3) is 5.91 Å². The molecule has 0 aliphatic carbocycles. The first-order valence-electron chi connectivity index (χ1n) is 6.80. The quantitative estimate of drug-likeness (QED) is 0.855. The van der Waals surface area contributed by atoms with Gasteiger partial charge in [-0.2, -0.15) is 0 Å². The maximum Gasteiger partial charge on any atom is 0.272 e. The largest absolute Gasteiger partial charge is 0.396 e. The normalized spacial score (nSPS) is 14.2. The minimum atomic E-state index is -0.227. The van der Waals surface area contributed by atoms with Crippen LogP contribution in [0.25, 0.3) is 0 Å². The van der Waals surface area contributed by atoms with Crippen molar-refractivity contribution in [2.45, 2.75) is 53.0 Å². The van der Waals surface area contributed by atoms with Gasteiger partial charge in [-0.1, -0.05) is 34.1 Å². The number of nitrogens with two attached hydrogens (primary N) is 1. The van der Waals surface area contributed by atoms with Gasteiger partial charge in [0.1, 0.15) is 5.82 Å². The smallest absolute Gasteiger partial charge is 0.272 e. The highest BCUT2D eigenvalue weighted by Crippen LogP contribution is 2.14. The third kappa shape index (κ3) is 3.91. The summed E-state index contributed by atoms with van der Waals surface area (Å²) >= 11 is 0. The molecule has 0 saturated heterocycles. The molecule has 3 N–H and O–H groups in total. The minimum Gasteiger partial charge on any atom is -0.396 e. The fourth-order valence-corrected chi connectivity index (χ4v) is 1.64. The molecule has 5 nitrogen and oxygen atoms in total. The van der Waals surface area contributed by atoms with Crippen LogP contribution >= 0.6 is 0 Å². The monoisotopic (exact) mass is 264 g/mol. The molecule has 106 valence electrons. The van der Waals surface area contributed by atoms with E-state index in [9.17, 15) is 4.79 Å². The zero-order valence-corrected chi connectivity index (χ0v) is 12.4. The van der Waals surface area contributed by atoms with E-state index in [0.29, 0.717) is 17.4 Å². The molecular weight excluding hydrogens is 240 g/mol. The summed E-state index contributed by atoms with van der Waals surface area (Å²) in [4.78, 5) is 20.6. The molecule has 19 heavy (non-hydrogen) atoms. The van der Waals surface area contributed by atoms with Gasteiger partial charge in [-0.3, -0.25) is 4.79 Å². The molecular formula is C14H24N4O. The number of nitrogens with one attached hydrogen (secondary N) is 1. The molecule has 1 amide bonds. The van der Waals surface area contributed by atoms with Gasteiger partial charge in [-0.25, -0.2) is 9.97 Å². The molecule has 1 rings (SSSR count). The van der Waals surface area contributed by atoms with Crippen molar-refractivity contribution in [3.63, 3.8) is 0 Å². The second-order valence-corrected chi connectivity index (χ2v) is 5.33. The molecule has 5 heteroatoms. The van der Waals surface area contributed by atoms with E-state index >= 15 is 0 Å². The average molecular weight is 264 g/mol.